The average molecular weight is 262 g/mol. The summed E-state index contributed by atoms with van der Waals surface area (Å²) >= 11 is 0. The first-order valence-electron chi connectivity index (χ1n) is 6.29. The maximum Gasteiger partial charge on any atom is 0.159 e. The van der Waals surface area contributed by atoms with Gasteiger partial charge in [0.25, 0.3) is 0 Å². The summed E-state index contributed by atoms with van der Waals surface area (Å²) in [6.07, 6.45) is 0.801. The van der Waals surface area contributed by atoms with Crippen molar-refractivity contribution in [1.82, 2.24) is 0 Å². The number of ketones is 1. The molecule has 0 radical (unpaired) electrons. The van der Waals surface area contributed by atoms with E-state index in [0.29, 0.717) is 16.7 Å². The van der Waals surface area contributed by atoms with Crippen LogP contribution in [0.3, 0.4) is 0 Å². The number of Topliss-reactive ketones (excluding diaryl/α,β-unsaturated/α-hetero) is 1. The van der Waals surface area contributed by atoms with Gasteiger partial charge >= 0.3 is 0 Å². The predicted octanol–water partition coefficient (Wildman–Crippen LogP) is 3.41. The maximum absolute atomic E-state index is 11.3. The molecule has 2 aromatic rings. The zero-order valence-corrected chi connectivity index (χ0v) is 11.4. The summed E-state index contributed by atoms with van der Waals surface area (Å²) in [5.41, 5.74) is 3.78. The fourth-order valence-corrected chi connectivity index (χ4v) is 1.87. The second-order valence-electron chi connectivity index (χ2n) is 4.54. The lowest BCUT2D eigenvalue weighted by molar-refractivity contribution is 0.101. The van der Waals surface area contributed by atoms with Crippen LogP contribution in [0.15, 0.2) is 42.5 Å². The lowest BCUT2D eigenvalue weighted by Crippen LogP contribution is -1.94. The van der Waals surface area contributed by atoms with Gasteiger partial charge in [-0.1, -0.05) is 36.1 Å². The largest absolute Gasteiger partial charge is 0.298 e. The lowest BCUT2D eigenvalue weighted by Gasteiger charge is -2.01. The SMILES string of the molecule is CC(=O)c1ccc(C#Cc2ccccc2C=O)c(C)c1. The van der Waals surface area contributed by atoms with Gasteiger partial charge in [-0.3, -0.25) is 9.59 Å². The number of rotatable bonds is 2. The molecule has 0 aliphatic rings. The van der Waals surface area contributed by atoms with Crippen LogP contribution in [0.1, 0.15) is 44.3 Å². The minimum Gasteiger partial charge on any atom is -0.298 e. The van der Waals surface area contributed by atoms with Crippen molar-refractivity contribution in [2.75, 3.05) is 0 Å². The molecule has 0 bridgehead atoms. The van der Waals surface area contributed by atoms with Crippen molar-refractivity contribution in [3.63, 3.8) is 0 Å². The van der Waals surface area contributed by atoms with Gasteiger partial charge in [0.05, 0.1) is 0 Å². The monoisotopic (exact) mass is 262 g/mol. The van der Waals surface area contributed by atoms with E-state index in [0.717, 1.165) is 17.4 Å². The van der Waals surface area contributed by atoms with Gasteiger partial charge in [0.2, 0.25) is 0 Å². The Morgan fingerprint density at radius 1 is 1.05 bits per heavy atom. The minimum atomic E-state index is 0.0407. The Morgan fingerprint density at radius 2 is 1.75 bits per heavy atom. The number of aryl methyl sites for hydroxylation is 1. The van der Waals surface area contributed by atoms with Crippen LogP contribution in [0.25, 0.3) is 0 Å². The van der Waals surface area contributed by atoms with Gasteiger partial charge in [-0.15, -0.1) is 0 Å². The van der Waals surface area contributed by atoms with Crippen LogP contribution in [0, 0.1) is 18.8 Å². The Bertz CT molecular complexity index is 731. The van der Waals surface area contributed by atoms with E-state index in [9.17, 15) is 9.59 Å². The van der Waals surface area contributed by atoms with E-state index in [4.69, 9.17) is 0 Å². The fourth-order valence-electron chi connectivity index (χ4n) is 1.87. The Labute approximate surface area is 118 Å². The van der Waals surface area contributed by atoms with Crippen LogP contribution in [0.4, 0.5) is 0 Å². The topological polar surface area (TPSA) is 34.1 Å². The van der Waals surface area contributed by atoms with E-state index in [1.54, 1.807) is 19.1 Å². The van der Waals surface area contributed by atoms with E-state index in [-0.39, 0.29) is 5.78 Å². The Kier molecular flexibility index (Phi) is 4.12. The van der Waals surface area contributed by atoms with Crippen LogP contribution in [0.2, 0.25) is 0 Å². The molecule has 0 unspecified atom stereocenters. The zero-order chi connectivity index (χ0) is 14.5. The first-order valence-corrected chi connectivity index (χ1v) is 6.29. The first kappa shape index (κ1) is 13.8. The fraction of sp³-hybridized carbons (Fsp3) is 0.111. The molecule has 0 N–H and O–H groups in total. The molecule has 0 saturated carbocycles. The van der Waals surface area contributed by atoms with E-state index in [1.165, 1.54) is 0 Å². The molecule has 0 spiro atoms. The highest BCUT2D eigenvalue weighted by Crippen LogP contribution is 2.11. The van der Waals surface area contributed by atoms with Gasteiger partial charge in [-0.05, 0) is 37.6 Å². The standard InChI is InChI=1S/C18H14O2/c1-13-11-17(14(2)20)10-8-15(13)7-9-16-5-3-4-6-18(16)12-19/h3-6,8,10-12H,1-2H3. The molecular weight excluding hydrogens is 248 g/mol. The molecule has 98 valence electrons. The molecule has 20 heavy (non-hydrogen) atoms. The molecule has 0 aromatic heterocycles. The number of benzene rings is 2. The van der Waals surface area contributed by atoms with Crippen molar-refractivity contribution in [3.05, 3.63) is 70.3 Å². The number of hydrogen-bond donors (Lipinski definition) is 0. The minimum absolute atomic E-state index is 0.0407. The summed E-state index contributed by atoms with van der Waals surface area (Å²) < 4.78 is 0. The highest BCUT2D eigenvalue weighted by atomic mass is 16.1. The quantitative estimate of drug-likeness (QED) is 0.472. The highest BCUT2D eigenvalue weighted by Gasteiger charge is 2.02. The normalized spacial score (nSPS) is 9.50. The van der Waals surface area contributed by atoms with E-state index >= 15 is 0 Å². The second-order valence-corrected chi connectivity index (χ2v) is 4.54. The molecule has 0 saturated heterocycles. The van der Waals surface area contributed by atoms with Crippen molar-refractivity contribution in [2.45, 2.75) is 13.8 Å². The zero-order valence-electron chi connectivity index (χ0n) is 11.4. The molecule has 0 aliphatic heterocycles. The summed E-state index contributed by atoms with van der Waals surface area (Å²) in [7, 11) is 0. The molecule has 2 rings (SSSR count). The molecule has 2 aromatic carbocycles. The van der Waals surface area contributed by atoms with E-state index in [1.807, 2.05) is 37.3 Å². The van der Waals surface area contributed by atoms with E-state index < -0.39 is 0 Å². The Hall–Kier alpha value is -2.66. The number of aldehydes is 1. The molecule has 0 aliphatic carbocycles. The van der Waals surface area contributed by atoms with Crippen LogP contribution in [-0.4, -0.2) is 12.1 Å². The predicted molar refractivity (Wildman–Crippen MR) is 79.0 cm³/mol. The van der Waals surface area contributed by atoms with Crippen molar-refractivity contribution in [2.24, 2.45) is 0 Å². The van der Waals surface area contributed by atoms with E-state index in [2.05, 4.69) is 11.8 Å². The van der Waals surface area contributed by atoms with Gasteiger partial charge in [-0.25, -0.2) is 0 Å². The molecule has 0 amide bonds. The van der Waals surface area contributed by atoms with Gasteiger partial charge in [0, 0.05) is 22.3 Å². The third kappa shape index (κ3) is 3.02. The molecule has 0 atom stereocenters. The first-order chi connectivity index (χ1) is 9.61. The van der Waals surface area contributed by atoms with Crippen LogP contribution < -0.4 is 0 Å². The maximum atomic E-state index is 11.3. The third-order valence-corrected chi connectivity index (χ3v) is 3.05. The number of carbonyl (C=O) groups excluding carboxylic acids is 2. The van der Waals surface area contributed by atoms with Crippen molar-refractivity contribution >= 4 is 12.1 Å². The lowest BCUT2D eigenvalue weighted by atomic mass is 10.0. The number of hydrogen-bond acceptors (Lipinski definition) is 2. The van der Waals surface area contributed by atoms with Crippen molar-refractivity contribution in [3.8, 4) is 11.8 Å². The Balaban J connectivity index is 2.38. The average Bonchev–Trinajstić information content (AvgIpc) is 2.46. The second kappa shape index (κ2) is 5.99. The Morgan fingerprint density at radius 3 is 2.40 bits per heavy atom. The third-order valence-electron chi connectivity index (χ3n) is 3.05. The smallest absolute Gasteiger partial charge is 0.159 e. The summed E-state index contributed by atoms with van der Waals surface area (Å²) in [5, 5.41) is 0. The van der Waals surface area contributed by atoms with Crippen molar-refractivity contribution in [1.29, 1.82) is 0 Å². The summed E-state index contributed by atoms with van der Waals surface area (Å²) in [5.74, 6) is 6.09. The molecule has 0 heterocycles. The molecular formula is C18H14O2. The molecule has 2 heteroatoms. The van der Waals surface area contributed by atoms with Gasteiger partial charge < -0.3 is 0 Å². The van der Waals surface area contributed by atoms with Crippen LogP contribution in [-0.2, 0) is 0 Å². The van der Waals surface area contributed by atoms with Crippen molar-refractivity contribution < 1.29 is 9.59 Å². The van der Waals surface area contributed by atoms with Crippen LogP contribution in [0.5, 0.6) is 0 Å². The highest BCUT2D eigenvalue weighted by molar-refractivity contribution is 5.94. The number of carbonyl (C=O) groups is 2. The summed E-state index contributed by atoms with van der Waals surface area (Å²) in [6, 6.07) is 12.6. The molecule has 2 nitrogen and oxygen atoms in total. The van der Waals surface area contributed by atoms with Crippen LogP contribution >= 0.6 is 0 Å². The summed E-state index contributed by atoms with van der Waals surface area (Å²) in [4.78, 5) is 22.2. The van der Waals surface area contributed by atoms with Gasteiger partial charge in [0.1, 0.15) is 0 Å². The summed E-state index contributed by atoms with van der Waals surface area (Å²) in [6.45, 7) is 3.46. The van der Waals surface area contributed by atoms with Gasteiger partial charge in [0.15, 0.2) is 12.1 Å². The van der Waals surface area contributed by atoms with Gasteiger partial charge in [-0.2, -0.15) is 0 Å². The molecule has 0 fully saturated rings.